The number of ether oxygens (including phenoxy) is 6. The van der Waals surface area contributed by atoms with Crippen molar-refractivity contribution >= 4 is 103 Å². The van der Waals surface area contributed by atoms with E-state index in [1.807, 2.05) is 159 Å². The van der Waals surface area contributed by atoms with Gasteiger partial charge in [-0.15, -0.1) is 16.6 Å². The lowest BCUT2D eigenvalue weighted by Crippen LogP contribution is -2.26. The zero-order chi connectivity index (χ0) is 61.5. The third-order valence-electron chi connectivity index (χ3n) is 12.6. The van der Waals surface area contributed by atoms with Gasteiger partial charge in [0.2, 0.25) is 0 Å². The topological polar surface area (TPSA) is 226 Å². The summed E-state index contributed by atoms with van der Waals surface area (Å²) in [6, 6.07) is 43.6. The van der Waals surface area contributed by atoms with Crippen molar-refractivity contribution in [2.24, 2.45) is 5.11 Å². The number of aromatic nitrogens is 6. The minimum atomic E-state index is -0.561. The summed E-state index contributed by atoms with van der Waals surface area (Å²) < 4.78 is 78.0. The lowest BCUT2D eigenvalue weighted by molar-refractivity contribution is 0.104. The van der Waals surface area contributed by atoms with E-state index in [1.54, 1.807) is 58.2 Å². The number of amides is 3. The molecule has 3 atom stereocenters. The highest BCUT2D eigenvalue weighted by molar-refractivity contribution is 14.1. The normalized spacial score (nSPS) is 15.8. The molecule has 0 bridgehead atoms. The first-order chi connectivity index (χ1) is 42.2. The quantitative estimate of drug-likeness (QED) is 0.0132. The van der Waals surface area contributed by atoms with Gasteiger partial charge in [0.05, 0.1) is 102 Å². The van der Waals surface area contributed by atoms with Gasteiger partial charge in [-0.3, -0.25) is 14.7 Å². The molecular weight excluding hydrogens is 1470 g/mol. The molecule has 87 heavy (non-hydrogen) atoms. The van der Waals surface area contributed by atoms with Crippen molar-refractivity contribution in [2.45, 2.75) is 64.4 Å². The van der Waals surface area contributed by atoms with E-state index < -0.39 is 36.6 Å². The maximum absolute atomic E-state index is 13.8. The summed E-state index contributed by atoms with van der Waals surface area (Å²) in [5, 5.41) is 19.7. The summed E-state index contributed by atoms with van der Waals surface area (Å²) in [6.45, 7) is 4.34. The number of azide groups is 1. The number of hydrogen-bond donors (Lipinski definition) is 0. The molecule has 3 saturated heterocycles. The molecule has 0 radical (unpaired) electrons. The second-order valence-corrected chi connectivity index (χ2v) is 22.5. The number of cyclic esters (lactones) is 3. The van der Waals surface area contributed by atoms with Gasteiger partial charge in [0.25, 0.3) is 0 Å². The zero-order valence-electron chi connectivity index (χ0n) is 46.1. The predicted molar refractivity (Wildman–Crippen MR) is 339 cm³/mol. The molecule has 5 heterocycles. The number of benzene rings is 6. The van der Waals surface area contributed by atoms with E-state index in [0.717, 1.165) is 16.7 Å². The Balaban J connectivity index is 0.000000159. The number of hydrogen-bond acceptors (Lipinski definition) is 14. The van der Waals surface area contributed by atoms with Crippen LogP contribution in [-0.4, -0.2) is 99.4 Å². The SMILES string of the molecule is C#CCOCc1ccccc1.O=C1O[C@@H](Cn2cc(COCc3ccccc3)nn2)CN1c1ccc(I)c(F)c1.O=C1O[C@@H](Cn2cc(COCc3ccccc3)nn2)CN1c1ccc(I)c(F)c1.[N-]=[N+]=NC[C@H]1CN(c2ccc(I)c(F)c2)C(=O)O1. The fraction of sp³-hybridized carbons (Fsp3) is 0.250. The number of rotatable bonds is 20. The second kappa shape index (κ2) is 33.3. The van der Waals surface area contributed by atoms with Crippen molar-refractivity contribution in [3.05, 3.63) is 225 Å². The Kier molecular flexibility index (Phi) is 24.9. The largest absolute Gasteiger partial charge is 0.444 e. The Bertz CT molecular complexity index is 3500. The molecule has 2 aromatic heterocycles. The first kappa shape index (κ1) is 65.1. The summed E-state index contributed by atoms with van der Waals surface area (Å²) in [4.78, 5) is 42.7. The van der Waals surface area contributed by atoms with Crippen LogP contribution in [0.3, 0.4) is 0 Å². The zero-order valence-corrected chi connectivity index (χ0v) is 52.6. The minimum absolute atomic E-state index is 0.0750. The average Bonchev–Trinajstić information content (AvgIpc) is 2.67. The van der Waals surface area contributed by atoms with E-state index in [1.165, 1.54) is 32.9 Å². The van der Waals surface area contributed by atoms with Crippen LogP contribution in [0.2, 0.25) is 0 Å². The van der Waals surface area contributed by atoms with Crippen molar-refractivity contribution in [1.29, 1.82) is 0 Å². The van der Waals surface area contributed by atoms with Gasteiger partial charge in [-0.2, -0.15) is 0 Å². The molecule has 0 aliphatic carbocycles. The van der Waals surface area contributed by atoms with Crippen molar-refractivity contribution in [3.8, 4) is 12.3 Å². The highest BCUT2D eigenvalue weighted by Gasteiger charge is 2.35. The average molecular weight is 1520 g/mol. The summed E-state index contributed by atoms with van der Waals surface area (Å²) in [5.41, 5.74) is 14.3. The summed E-state index contributed by atoms with van der Waals surface area (Å²) in [5.74, 6) is 1.30. The molecule has 21 nitrogen and oxygen atoms in total. The van der Waals surface area contributed by atoms with Crippen molar-refractivity contribution in [2.75, 3.05) is 47.5 Å². The van der Waals surface area contributed by atoms with E-state index in [4.69, 9.17) is 40.4 Å². The van der Waals surface area contributed by atoms with Crippen LogP contribution < -0.4 is 14.7 Å². The number of carbonyl (C=O) groups is 3. The molecule has 11 rings (SSSR count). The lowest BCUT2D eigenvalue weighted by Gasteiger charge is -2.13. The molecule has 3 aliphatic rings. The van der Waals surface area contributed by atoms with Gasteiger partial charge in [-0.1, -0.05) is 112 Å². The second-order valence-electron chi connectivity index (χ2n) is 19.1. The Morgan fingerprint density at radius 2 is 0.897 bits per heavy atom. The van der Waals surface area contributed by atoms with E-state index >= 15 is 0 Å². The van der Waals surface area contributed by atoms with Crippen molar-refractivity contribution < 1.29 is 56.0 Å². The number of anilines is 3. The maximum Gasteiger partial charge on any atom is 0.414 e. The molecule has 3 fully saturated rings. The van der Waals surface area contributed by atoms with Crippen molar-refractivity contribution in [1.82, 2.24) is 30.0 Å². The molecule has 3 amide bonds. The molecule has 8 aromatic rings. The van der Waals surface area contributed by atoms with E-state index in [-0.39, 0.29) is 30.5 Å². The van der Waals surface area contributed by atoms with E-state index in [0.29, 0.717) is 105 Å². The van der Waals surface area contributed by atoms with Gasteiger partial charge in [-0.05, 0) is 145 Å². The predicted octanol–water partition coefficient (Wildman–Crippen LogP) is 12.4. The van der Waals surface area contributed by atoms with E-state index in [2.05, 4.69) is 36.6 Å². The summed E-state index contributed by atoms with van der Waals surface area (Å²) in [6.07, 6.45) is 5.71. The third-order valence-corrected chi connectivity index (χ3v) is 15.2. The molecule has 0 spiro atoms. The molecule has 27 heteroatoms. The summed E-state index contributed by atoms with van der Waals surface area (Å²) in [7, 11) is 0. The molecule has 450 valence electrons. The fourth-order valence-electron chi connectivity index (χ4n) is 8.47. The first-order valence-electron chi connectivity index (χ1n) is 26.6. The molecule has 0 unspecified atom stereocenters. The molecule has 0 N–H and O–H groups in total. The Morgan fingerprint density at radius 3 is 1.25 bits per heavy atom. The Morgan fingerprint density at radius 1 is 0.540 bits per heavy atom. The molecular formula is C60H54F3I3N12O9. The van der Waals surface area contributed by atoms with Crippen LogP contribution in [0.25, 0.3) is 10.4 Å². The standard InChI is InChI=1S/2C20H18FIN4O3.C10H8FIN4O2.C10H10O/c2*21-18-8-16(6-7-19(18)22)26-11-17(29-20(26)27)10-25-9-15(23-24-25)13-28-12-14-4-2-1-3-5-14;11-8-3-6(1-2-9(8)12)16-5-7(4-14-15-13)18-10(16)17;1-2-8-11-9-10-6-4-3-5-7-10/h2*1-9,17H,10-13H2;1-3,7H,4-5H2;1,3-7H,8-9H2/t2*17-;7-;/m000./s1. The van der Waals surface area contributed by atoms with Gasteiger partial charge in [0.1, 0.15) is 53.8 Å². The van der Waals surface area contributed by atoms with E-state index in [9.17, 15) is 27.6 Å². The van der Waals surface area contributed by atoms with Crippen LogP contribution in [0.5, 0.6) is 0 Å². The van der Waals surface area contributed by atoms with Gasteiger partial charge >= 0.3 is 18.3 Å². The first-order valence-corrected chi connectivity index (χ1v) is 29.8. The smallest absolute Gasteiger partial charge is 0.414 e. The van der Waals surface area contributed by atoms with Crippen molar-refractivity contribution in [3.63, 3.8) is 0 Å². The van der Waals surface area contributed by atoms with Crippen LogP contribution in [0.15, 0.2) is 163 Å². The summed E-state index contributed by atoms with van der Waals surface area (Å²) >= 11 is 5.68. The highest BCUT2D eigenvalue weighted by atomic mass is 127. The highest BCUT2D eigenvalue weighted by Crippen LogP contribution is 2.28. The fourth-order valence-corrected chi connectivity index (χ4v) is 9.48. The van der Waals surface area contributed by atoms with Crippen LogP contribution in [0.1, 0.15) is 28.1 Å². The van der Waals surface area contributed by atoms with Crippen LogP contribution in [0, 0.1) is 40.5 Å². The number of terminal acetylenes is 1. The Labute approximate surface area is 539 Å². The molecule has 3 aliphatic heterocycles. The monoisotopic (exact) mass is 1520 g/mol. The minimum Gasteiger partial charge on any atom is -0.444 e. The van der Waals surface area contributed by atoms with Gasteiger partial charge in [0.15, 0.2) is 0 Å². The van der Waals surface area contributed by atoms with Crippen LogP contribution >= 0.6 is 67.8 Å². The maximum atomic E-state index is 13.8. The number of halogens is 6. The number of nitrogens with zero attached hydrogens (tertiary/aromatic N) is 12. The number of carbonyl (C=O) groups excluding carboxylic acids is 3. The molecule has 0 saturated carbocycles. The van der Waals surface area contributed by atoms with Gasteiger partial charge < -0.3 is 28.4 Å². The van der Waals surface area contributed by atoms with Gasteiger partial charge in [0, 0.05) is 15.6 Å². The molecule has 6 aromatic carbocycles. The Hall–Kier alpha value is -7.86. The third kappa shape index (κ3) is 20.1. The van der Waals surface area contributed by atoms with Gasteiger partial charge in [-0.25, -0.2) is 36.9 Å². The van der Waals surface area contributed by atoms with Crippen LogP contribution in [-0.2, 0) is 74.5 Å². The lowest BCUT2D eigenvalue weighted by atomic mass is 10.2. The van der Waals surface area contributed by atoms with Crippen LogP contribution in [0.4, 0.5) is 44.6 Å².